The number of benzene rings is 1. The first kappa shape index (κ1) is 12.4. The summed E-state index contributed by atoms with van der Waals surface area (Å²) in [5.41, 5.74) is 0.773. The largest absolute Gasteiger partial charge is 0.377 e. The first-order valence-corrected chi connectivity index (χ1v) is 6.66. The first-order chi connectivity index (χ1) is 8.16. The topological polar surface area (TPSA) is 55.2 Å². The second-order valence-corrected chi connectivity index (χ2v) is 5.31. The van der Waals surface area contributed by atoms with Crippen LogP contribution in [0.2, 0.25) is 0 Å². The lowest BCUT2D eigenvalue weighted by Crippen LogP contribution is -2.22. The highest BCUT2D eigenvalue weighted by Gasteiger charge is 2.19. The molecule has 1 aromatic rings. The van der Waals surface area contributed by atoms with Gasteiger partial charge in [-0.15, -0.1) is 0 Å². The van der Waals surface area contributed by atoms with E-state index in [2.05, 4.69) is 21.2 Å². The highest BCUT2D eigenvalue weighted by atomic mass is 79.9. The Hall–Kier alpha value is -1.10. The normalized spacial score (nSPS) is 16.8. The van der Waals surface area contributed by atoms with Gasteiger partial charge in [0.1, 0.15) is 5.69 Å². The zero-order valence-corrected chi connectivity index (χ0v) is 11.1. The molecule has 0 radical (unpaired) electrons. The van der Waals surface area contributed by atoms with Crippen LogP contribution in [0.15, 0.2) is 22.7 Å². The number of nitro benzene ring substituents is 1. The van der Waals surface area contributed by atoms with Gasteiger partial charge in [0.25, 0.3) is 5.69 Å². The maximum atomic E-state index is 11.0. The van der Waals surface area contributed by atoms with Gasteiger partial charge in [-0.25, -0.2) is 0 Å². The van der Waals surface area contributed by atoms with Crippen LogP contribution in [0.25, 0.3) is 0 Å². The van der Waals surface area contributed by atoms with Crippen molar-refractivity contribution in [3.8, 4) is 0 Å². The van der Waals surface area contributed by atoms with E-state index in [-0.39, 0.29) is 10.6 Å². The number of nitro groups is 1. The molecular weight excluding hydrogens is 284 g/mol. The Morgan fingerprint density at radius 2 is 2.00 bits per heavy atom. The van der Waals surface area contributed by atoms with Crippen LogP contribution in [0.1, 0.15) is 32.1 Å². The van der Waals surface area contributed by atoms with Crippen LogP contribution in [-0.2, 0) is 0 Å². The summed E-state index contributed by atoms with van der Waals surface area (Å²) in [7, 11) is 0. The van der Waals surface area contributed by atoms with Crippen molar-refractivity contribution in [1.82, 2.24) is 0 Å². The van der Waals surface area contributed by atoms with Gasteiger partial charge in [-0.3, -0.25) is 10.1 Å². The number of nitrogens with one attached hydrogen (secondary N) is 1. The molecule has 0 unspecified atom stereocenters. The molecule has 0 bridgehead atoms. The average Bonchev–Trinajstić information content (AvgIpc) is 2.32. The van der Waals surface area contributed by atoms with Gasteiger partial charge in [0.2, 0.25) is 0 Å². The fourth-order valence-electron chi connectivity index (χ4n) is 2.24. The van der Waals surface area contributed by atoms with Gasteiger partial charge in [0, 0.05) is 16.6 Å². The number of rotatable bonds is 3. The van der Waals surface area contributed by atoms with Crippen molar-refractivity contribution in [3.05, 3.63) is 32.8 Å². The van der Waals surface area contributed by atoms with Crippen LogP contribution in [0.5, 0.6) is 0 Å². The number of hydrogen-bond donors (Lipinski definition) is 1. The molecule has 0 spiro atoms. The molecule has 1 aliphatic carbocycles. The van der Waals surface area contributed by atoms with Crippen molar-refractivity contribution in [1.29, 1.82) is 0 Å². The SMILES string of the molecule is O=[N+]([O-])c1cc(Br)ccc1NC1CCCCC1. The highest BCUT2D eigenvalue weighted by molar-refractivity contribution is 9.10. The second-order valence-electron chi connectivity index (χ2n) is 4.40. The van der Waals surface area contributed by atoms with Crippen LogP contribution >= 0.6 is 15.9 Å². The minimum Gasteiger partial charge on any atom is -0.377 e. The molecular formula is C12H15BrN2O2. The third kappa shape index (κ3) is 3.19. The first-order valence-electron chi connectivity index (χ1n) is 5.87. The Kier molecular flexibility index (Phi) is 3.99. The van der Waals surface area contributed by atoms with Crippen molar-refractivity contribution in [3.63, 3.8) is 0 Å². The summed E-state index contributed by atoms with van der Waals surface area (Å²) < 4.78 is 0.735. The maximum Gasteiger partial charge on any atom is 0.293 e. The van der Waals surface area contributed by atoms with E-state index in [1.807, 2.05) is 6.07 Å². The van der Waals surface area contributed by atoms with Crippen molar-refractivity contribution < 1.29 is 4.92 Å². The summed E-state index contributed by atoms with van der Waals surface area (Å²) >= 11 is 3.26. The van der Waals surface area contributed by atoms with Gasteiger partial charge in [0.05, 0.1) is 4.92 Å². The molecule has 0 amide bonds. The number of anilines is 1. The van der Waals surface area contributed by atoms with Crippen molar-refractivity contribution in [2.24, 2.45) is 0 Å². The molecule has 1 aromatic carbocycles. The molecule has 0 heterocycles. The van der Waals surface area contributed by atoms with Gasteiger partial charge in [-0.1, -0.05) is 35.2 Å². The third-order valence-corrected chi connectivity index (χ3v) is 3.61. The average molecular weight is 299 g/mol. The van der Waals surface area contributed by atoms with Crippen LogP contribution < -0.4 is 5.32 Å². The Bertz CT molecular complexity index is 417. The summed E-state index contributed by atoms with van der Waals surface area (Å²) in [4.78, 5) is 10.6. The van der Waals surface area contributed by atoms with Crippen molar-refractivity contribution >= 4 is 27.3 Å². The van der Waals surface area contributed by atoms with E-state index in [0.29, 0.717) is 11.7 Å². The fourth-order valence-corrected chi connectivity index (χ4v) is 2.59. The lowest BCUT2D eigenvalue weighted by atomic mass is 9.95. The molecule has 4 nitrogen and oxygen atoms in total. The zero-order chi connectivity index (χ0) is 12.3. The van der Waals surface area contributed by atoms with E-state index in [9.17, 15) is 10.1 Å². The van der Waals surface area contributed by atoms with Crippen LogP contribution in [-0.4, -0.2) is 11.0 Å². The van der Waals surface area contributed by atoms with Gasteiger partial charge < -0.3 is 5.32 Å². The van der Waals surface area contributed by atoms with Crippen molar-refractivity contribution in [2.45, 2.75) is 38.1 Å². The van der Waals surface area contributed by atoms with E-state index in [1.54, 1.807) is 12.1 Å². The van der Waals surface area contributed by atoms with Gasteiger partial charge in [-0.2, -0.15) is 0 Å². The standard InChI is InChI=1S/C12H15BrN2O2/c13-9-6-7-11(12(8-9)15(16)17)14-10-4-2-1-3-5-10/h6-8,10,14H,1-5H2. The molecule has 0 aliphatic heterocycles. The molecule has 0 atom stereocenters. The molecule has 1 aliphatic rings. The molecule has 92 valence electrons. The summed E-state index contributed by atoms with van der Waals surface area (Å²) in [6.45, 7) is 0. The van der Waals surface area contributed by atoms with Crippen LogP contribution in [0, 0.1) is 10.1 Å². The van der Waals surface area contributed by atoms with E-state index in [4.69, 9.17) is 0 Å². The Labute approximate surface area is 109 Å². The summed E-state index contributed by atoms with van der Waals surface area (Å²) in [5.74, 6) is 0. The smallest absolute Gasteiger partial charge is 0.293 e. The molecule has 0 aromatic heterocycles. The minimum absolute atomic E-state index is 0.143. The lowest BCUT2D eigenvalue weighted by Gasteiger charge is -2.23. The summed E-state index contributed by atoms with van der Waals surface area (Å²) in [6, 6.07) is 5.53. The van der Waals surface area contributed by atoms with Crippen molar-refractivity contribution in [2.75, 3.05) is 5.32 Å². The number of halogens is 1. The fraction of sp³-hybridized carbons (Fsp3) is 0.500. The lowest BCUT2D eigenvalue weighted by molar-refractivity contribution is -0.384. The summed E-state index contributed by atoms with van der Waals surface area (Å²) in [6.07, 6.45) is 5.91. The minimum atomic E-state index is -0.337. The quantitative estimate of drug-likeness (QED) is 0.675. The monoisotopic (exact) mass is 298 g/mol. The Morgan fingerprint density at radius 1 is 1.29 bits per heavy atom. The Balaban J connectivity index is 2.16. The molecule has 17 heavy (non-hydrogen) atoms. The van der Waals surface area contributed by atoms with Gasteiger partial charge in [0.15, 0.2) is 0 Å². The highest BCUT2D eigenvalue weighted by Crippen LogP contribution is 2.30. The van der Waals surface area contributed by atoms with E-state index in [1.165, 1.54) is 19.3 Å². The maximum absolute atomic E-state index is 11.0. The number of hydrogen-bond acceptors (Lipinski definition) is 3. The predicted molar refractivity (Wildman–Crippen MR) is 71.3 cm³/mol. The summed E-state index contributed by atoms with van der Waals surface area (Å²) in [5, 5.41) is 14.3. The number of nitrogens with zero attached hydrogens (tertiary/aromatic N) is 1. The molecule has 0 saturated heterocycles. The second kappa shape index (κ2) is 5.49. The van der Waals surface area contributed by atoms with Crippen LogP contribution in [0.3, 0.4) is 0 Å². The van der Waals surface area contributed by atoms with Crippen LogP contribution in [0.4, 0.5) is 11.4 Å². The van der Waals surface area contributed by atoms with E-state index < -0.39 is 0 Å². The molecule has 1 fully saturated rings. The third-order valence-electron chi connectivity index (χ3n) is 3.12. The Morgan fingerprint density at radius 3 is 2.65 bits per heavy atom. The predicted octanol–water partition coefficient (Wildman–Crippen LogP) is 4.10. The molecule has 2 rings (SSSR count). The molecule has 1 N–H and O–H groups in total. The van der Waals surface area contributed by atoms with E-state index in [0.717, 1.165) is 17.3 Å². The zero-order valence-electron chi connectivity index (χ0n) is 9.49. The van der Waals surface area contributed by atoms with Gasteiger partial charge >= 0.3 is 0 Å². The molecule has 1 saturated carbocycles. The molecule has 5 heteroatoms. The van der Waals surface area contributed by atoms with E-state index >= 15 is 0 Å². The van der Waals surface area contributed by atoms with Gasteiger partial charge in [-0.05, 0) is 25.0 Å².